The fraction of sp³-hybridized carbons (Fsp3) is 0.231. The lowest BCUT2D eigenvalue weighted by atomic mass is 10.1. The molecule has 1 heterocycles. The third kappa shape index (κ3) is 2.81. The standard InChI is InChI=1S/C13H11ClF2N2O/c1-7-3-8(18(2)17-7)4-13(19)9-5-12(16)10(14)6-11(9)15/h3,5-6H,4H2,1-2H3. The van der Waals surface area contributed by atoms with E-state index in [1.807, 2.05) is 0 Å². The first-order valence-corrected chi connectivity index (χ1v) is 5.93. The van der Waals surface area contributed by atoms with Gasteiger partial charge in [0.1, 0.15) is 11.6 Å². The molecule has 0 bridgehead atoms. The number of nitrogens with zero attached hydrogens (tertiary/aromatic N) is 2. The van der Waals surface area contributed by atoms with Crippen molar-refractivity contribution in [2.24, 2.45) is 7.05 Å². The van der Waals surface area contributed by atoms with Gasteiger partial charge in [0, 0.05) is 12.7 Å². The van der Waals surface area contributed by atoms with E-state index in [0.29, 0.717) is 5.69 Å². The van der Waals surface area contributed by atoms with Gasteiger partial charge in [-0.3, -0.25) is 9.48 Å². The first kappa shape index (κ1) is 13.7. The largest absolute Gasteiger partial charge is 0.294 e. The van der Waals surface area contributed by atoms with Crippen LogP contribution in [0.25, 0.3) is 0 Å². The molecular formula is C13H11ClF2N2O. The second-order valence-corrected chi connectivity index (χ2v) is 4.65. The maximum Gasteiger partial charge on any atom is 0.171 e. The minimum Gasteiger partial charge on any atom is -0.294 e. The van der Waals surface area contributed by atoms with Crippen LogP contribution in [-0.4, -0.2) is 15.6 Å². The van der Waals surface area contributed by atoms with Gasteiger partial charge in [0.2, 0.25) is 0 Å². The third-order valence-corrected chi connectivity index (χ3v) is 3.04. The Kier molecular flexibility index (Phi) is 3.66. The van der Waals surface area contributed by atoms with Crippen molar-refractivity contribution in [3.05, 3.63) is 51.8 Å². The smallest absolute Gasteiger partial charge is 0.171 e. The van der Waals surface area contributed by atoms with Crippen molar-refractivity contribution in [3.63, 3.8) is 0 Å². The lowest BCUT2D eigenvalue weighted by Gasteiger charge is -2.04. The van der Waals surface area contributed by atoms with Gasteiger partial charge in [0.05, 0.1) is 22.7 Å². The van der Waals surface area contributed by atoms with E-state index in [2.05, 4.69) is 5.10 Å². The Hall–Kier alpha value is -1.75. The summed E-state index contributed by atoms with van der Waals surface area (Å²) in [6, 6.07) is 3.35. The van der Waals surface area contributed by atoms with Crippen molar-refractivity contribution in [2.45, 2.75) is 13.3 Å². The van der Waals surface area contributed by atoms with Gasteiger partial charge in [-0.25, -0.2) is 8.78 Å². The molecule has 0 spiro atoms. The molecule has 0 N–H and O–H groups in total. The summed E-state index contributed by atoms with van der Waals surface area (Å²) in [6.07, 6.45) is -0.0463. The summed E-state index contributed by atoms with van der Waals surface area (Å²) >= 11 is 5.44. The zero-order chi connectivity index (χ0) is 14.2. The number of rotatable bonds is 3. The lowest BCUT2D eigenvalue weighted by Crippen LogP contribution is -2.10. The molecule has 0 fully saturated rings. The van der Waals surface area contributed by atoms with Gasteiger partial charge in [-0.05, 0) is 25.1 Å². The van der Waals surface area contributed by atoms with Gasteiger partial charge in [0.15, 0.2) is 5.78 Å². The second kappa shape index (κ2) is 5.09. The number of carbonyl (C=O) groups excluding carboxylic acids is 1. The van der Waals surface area contributed by atoms with Crippen LogP contribution >= 0.6 is 11.6 Å². The molecule has 0 saturated carbocycles. The predicted molar refractivity (Wildman–Crippen MR) is 67.3 cm³/mol. The predicted octanol–water partition coefficient (Wildman–Crippen LogP) is 3.09. The summed E-state index contributed by atoms with van der Waals surface area (Å²) in [7, 11) is 1.69. The van der Waals surface area contributed by atoms with Crippen molar-refractivity contribution in [1.29, 1.82) is 0 Å². The summed E-state index contributed by atoms with van der Waals surface area (Å²) < 4.78 is 28.4. The molecule has 0 amide bonds. The molecule has 2 aromatic rings. The number of hydrogen-bond acceptors (Lipinski definition) is 2. The normalized spacial score (nSPS) is 10.8. The van der Waals surface area contributed by atoms with Crippen molar-refractivity contribution in [1.82, 2.24) is 9.78 Å². The molecule has 0 aliphatic rings. The Morgan fingerprint density at radius 3 is 2.58 bits per heavy atom. The number of aromatic nitrogens is 2. The maximum absolute atomic E-state index is 13.6. The van der Waals surface area contributed by atoms with Crippen LogP contribution in [0.4, 0.5) is 8.78 Å². The van der Waals surface area contributed by atoms with E-state index in [-0.39, 0.29) is 17.0 Å². The summed E-state index contributed by atoms with van der Waals surface area (Å²) in [4.78, 5) is 12.0. The van der Waals surface area contributed by atoms with Crippen molar-refractivity contribution < 1.29 is 13.6 Å². The van der Waals surface area contributed by atoms with Crippen molar-refractivity contribution in [3.8, 4) is 0 Å². The zero-order valence-electron chi connectivity index (χ0n) is 10.4. The lowest BCUT2D eigenvalue weighted by molar-refractivity contribution is 0.0986. The molecule has 0 aliphatic carbocycles. The molecule has 3 nitrogen and oxygen atoms in total. The van der Waals surface area contributed by atoms with Gasteiger partial charge < -0.3 is 0 Å². The van der Waals surface area contributed by atoms with Crippen LogP contribution in [0.3, 0.4) is 0 Å². The highest BCUT2D eigenvalue weighted by molar-refractivity contribution is 6.30. The monoisotopic (exact) mass is 284 g/mol. The molecule has 1 aromatic heterocycles. The van der Waals surface area contributed by atoms with Crippen LogP contribution in [0.2, 0.25) is 5.02 Å². The van der Waals surface area contributed by atoms with Crippen LogP contribution in [0.1, 0.15) is 21.7 Å². The Morgan fingerprint density at radius 1 is 1.32 bits per heavy atom. The average Bonchev–Trinajstić information content (AvgIpc) is 2.62. The van der Waals surface area contributed by atoms with Crippen molar-refractivity contribution in [2.75, 3.05) is 0 Å². The van der Waals surface area contributed by atoms with Crippen molar-refractivity contribution >= 4 is 17.4 Å². The number of aryl methyl sites for hydroxylation is 2. The molecule has 6 heteroatoms. The van der Waals surface area contributed by atoms with Crippen LogP contribution < -0.4 is 0 Å². The number of Topliss-reactive ketones (excluding diaryl/α,β-unsaturated/α-hetero) is 1. The fourth-order valence-electron chi connectivity index (χ4n) is 1.83. The maximum atomic E-state index is 13.6. The highest BCUT2D eigenvalue weighted by Crippen LogP contribution is 2.20. The Bertz CT molecular complexity index is 652. The summed E-state index contributed by atoms with van der Waals surface area (Å²) in [5.41, 5.74) is 1.09. The van der Waals surface area contributed by atoms with Gasteiger partial charge in [0.25, 0.3) is 0 Å². The fourth-order valence-corrected chi connectivity index (χ4v) is 1.98. The van der Waals surface area contributed by atoms with Crippen LogP contribution in [-0.2, 0) is 13.5 Å². The van der Waals surface area contributed by atoms with Gasteiger partial charge in [-0.2, -0.15) is 5.10 Å². The van der Waals surface area contributed by atoms with E-state index in [9.17, 15) is 13.6 Å². The minimum absolute atomic E-state index is 0.0463. The molecule has 0 aliphatic heterocycles. The molecule has 0 radical (unpaired) electrons. The highest BCUT2D eigenvalue weighted by atomic mass is 35.5. The third-order valence-electron chi connectivity index (χ3n) is 2.75. The summed E-state index contributed by atoms with van der Waals surface area (Å²) in [6.45, 7) is 1.79. The molecule has 100 valence electrons. The van der Waals surface area contributed by atoms with Gasteiger partial charge in [-0.15, -0.1) is 0 Å². The Labute approximate surface area is 113 Å². The first-order chi connectivity index (χ1) is 8.88. The number of benzene rings is 1. The molecule has 0 saturated heterocycles. The number of carbonyl (C=O) groups is 1. The van der Waals surface area contributed by atoms with E-state index in [0.717, 1.165) is 17.8 Å². The summed E-state index contributed by atoms with van der Waals surface area (Å²) in [5, 5.41) is 3.75. The molecule has 1 aromatic carbocycles. The van der Waals surface area contributed by atoms with Crippen LogP contribution in [0, 0.1) is 18.6 Å². The highest BCUT2D eigenvalue weighted by Gasteiger charge is 2.17. The zero-order valence-corrected chi connectivity index (χ0v) is 11.1. The van der Waals surface area contributed by atoms with E-state index in [4.69, 9.17) is 11.6 Å². The van der Waals surface area contributed by atoms with E-state index in [1.54, 1.807) is 20.0 Å². The number of hydrogen-bond donors (Lipinski definition) is 0. The molecule has 19 heavy (non-hydrogen) atoms. The van der Waals surface area contributed by atoms with Crippen LogP contribution in [0.5, 0.6) is 0 Å². The molecular weight excluding hydrogens is 274 g/mol. The second-order valence-electron chi connectivity index (χ2n) is 4.25. The van der Waals surface area contributed by atoms with Gasteiger partial charge >= 0.3 is 0 Å². The average molecular weight is 285 g/mol. The molecule has 0 atom stereocenters. The SMILES string of the molecule is Cc1cc(CC(=O)c2cc(F)c(Cl)cc2F)n(C)n1. The molecule has 2 rings (SSSR count). The first-order valence-electron chi connectivity index (χ1n) is 5.55. The summed E-state index contributed by atoms with van der Waals surface area (Å²) in [5.74, 6) is -2.15. The van der Waals surface area contributed by atoms with E-state index >= 15 is 0 Å². The number of ketones is 1. The number of halogens is 3. The molecule has 0 unspecified atom stereocenters. The van der Waals surface area contributed by atoms with Crippen LogP contribution in [0.15, 0.2) is 18.2 Å². The quantitative estimate of drug-likeness (QED) is 0.641. The topological polar surface area (TPSA) is 34.9 Å². The van der Waals surface area contributed by atoms with E-state index < -0.39 is 17.4 Å². The van der Waals surface area contributed by atoms with E-state index in [1.165, 1.54) is 4.68 Å². The minimum atomic E-state index is -0.824. The van der Waals surface area contributed by atoms with Gasteiger partial charge in [-0.1, -0.05) is 11.6 Å². The Morgan fingerprint density at radius 2 is 2.00 bits per heavy atom. The Balaban J connectivity index is 2.30.